The van der Waals surface area contributed by atoms with Gasteiger partial charge in [-0.05, 0) is 91.3 Å². The largest absolute Gasteiger partial charge is 0.455 e. The minimum atomic E-state index is 0.699. The summed E-state index contributed by atoms with van der Waals surface area (Å²) in [5.74, 6) is 0.699. The number of hydrogen-bond donors (Lipinski definition) is 0. The normalized spacial score (nSPS) is 12.0. The Morgan fingerprint density at radius 3 is 1.84 bits per heavy atom. The summed E-state index contributed by atoms with van der Waals surface area (Å²) in [5.41, 5.74) is 14.1. The van der Waals surface area contributed by atoms with Crippen LogP contribution in [0.1, 0.15) is 0 Å². The second-order valence-corrected chi connectivity index (χ2v) is 14.5. The Morgan fingerprint density at radius 1 is 0.327 bits per heavy atom. The van der Waals surface area contributed by atoms with Crippen molar-refractivity contribution in [3.05, 3.63) is 182 Å². The maximum Gasteiger partial charge on any atom is 0.161 e. The molecule has 12 rings (SSSR count). The number of fused-ring (bicyclic) bond motifs is 9. The highest BCUT2D eigenvalue weighted by Crippen LogP contribution is 2.51. The monoisotopic (exact) mass is 698 g/mol. The first kappa shape index (κ1) is 30.1. The zero-order chi connectivity index (χ0) is 36.0. The van der Waals surface area contributed by atoms with Crippen LogP contribution in [0, 0.1) is 0 Å². The molecular weight excluding hydrogens is 669 g/mol. The van der Waals surface area contributed by atoms with Crippen LogP contribution in [0.15, 0.2) is 186 Å². The summed E-state index contributed by atoms with van der Waals surface area (Å²) in [4.78, 5) is 10.5. The quantitative estimate of drug-likeness (QED) is 0.184. The fourth-order valence-corrected chi connectivity index (χ4v) is 8.83. The van der Waals surface area contributed by atoms with Gasteiger partial charge >= 0.3 is 0 Å². The third-order valence-electron chi connectivity index (χ3n) is 11.4. The van der Waals surface area contributed by atoms with Crippen molar-refractivity contribution in [3.63, 3.8) is 0 Å². The first-order chi connectivity index (χ1) is 27.2. The molecule has 11 aromatic rings. The van der Waals surface area contributed by atoms with Gasteiger partial charge in [0.1, 0.15) is 11.2 Å². The van der Waals surface area contributed by atoms with Crippen molar-refractivity contribution >= 4 is 54.3 Å². The second-order valence-electron chi connectivity index (χ2n) is 14.5. The maximum atomic E-state index is 6.79. The van der Waals surface area contributed by atoms with Crippen LogP contribution in [0.4, 0.5) is 0 Å². The van der Waals surface area contributed by atoms with Gasteiger partial charge in [0.05, 0.1) is 11.4 Å². The summed E-state index contributed by atoms with van der Waals surface area (Å²) in [7, 11) is 0. The minimum absolute atomic E-state index is 0.699. The zero-order valence-electron chi connectivity index (χ0n) is 29.6. The Morgan fingerprint density at radius 2 is 0.982 bits per heavy atom. The van der Waals surface area contributed by atoms with Gasteiger partial charge in [0.2, 0.25) is 0 Å². The number of benzene rings is 9. The molecule has 2 aromatic heterocycles. The SMILES string of the molecule is c1ccc(-c2cc(-c3ccc4ccccc4c3)nc(-c3ccc(-c4ccc5c(c4)oc4c6cccc7c6c(cc54)-c4ccccc4-7)c4ccccc34)n2)cc1. The molecule has 0 atom stereocenters. The van der Waals surface area contributed by atoms with Crippen molar-refractivity contribution in [3.8, 4) is 67.3 Å². The number of hydrogen-bond acceptors (Lipinski definition) is 3. The van der Waals surface area contributed by atoms with Crippen LogP contribution >= 0.6 is 0 Å². The molecule has 0 saturated carbocycles. The third-order valence-corrected chi connectivity index (χ3v) is 11.4. The van der Waals surface area contributed by atoms with E-state index in [9.17, 15) is 0 Å². The van der Waals surface area contributed by atoms with Crippen molar-refractivity contribution in [1.29, 1.82) is 0 Å². The van der Waals surface area contributed by atoms with E-state index in [2.05, 4.69) is 176 Å². The molecule has 1 aliphatic rings. The van der Waals surface area contributed by atoms with E-state index in [1.807, 2.05) is 6.07 Å². The lowest BCUT2D eigenvalue weighted by Gasteiger charge is -2.14. The molecule has 0 bridgehead atoms. The predicted octanol–water partition coefficient (Wildman–Crippen LogP) is 14.2. The van der Waals surface area contributed by atoms with Crippen LogP contribution in [0.2, 0.25) is 0 Å². The minimum Gasteiger partial charge on any atom is -0.455 e. The Hall–Kier alpha value is -7.36. The van der Waals surface area contributed by atoms with Gasteiger partial charge in [0.25, 0.3) is 0 Å². The molecule has 0 fully saturated rings. The van der Waals surface area contributed by atoms with Crippen LogP contribution in [-0.4, -0.2) is 9.97 Å². The molecule has 0 aliphatic heterocycles. The lowest BCUT2D eigenvalue weighted by molar-refractivity contribution is 0.673. The van der Waals surface area contributed by atoms with E-state index in [0.717, 1.165) is 77.3 Å². The van der Waals surface area contributed by atoms with E-state index < -0.39 is 0 Å². The summed E-state index contributed by atoms with van der Waals surface area (Å²) in [6.07, 6.45) is 0. The van der Waals surface area contributed by atoms with Gasteiger partial charge in [-0.15, -0.1) is 0 Å². The van der Waals surface area contributed by atoms with Gasteiger partial charge in [-0.25, -0.2) is 9.97 Å². The predicted molar refractivity (Wildman–Crippen MR) is 228 cm³/mol. The average molecular weight is 699 g/mol. The molecule has 55 heavy (non-hydrogen) atoms. The van der Waals surface area contributed by atoms with E-state index in [-0.39, 0.29) is 0 Å². The molecule has 0 amide bonds. The zero-order valence-corrected chi connectivity index (χ0v) is 29.6. The van der Waals surface area contributed by atoms with Crippen molar-refractivity contribution in [2.24, 2.45) is 0 Å². The first-order valence-corrected chi connectivity index (χ1v) is 18.7. The highest BCUT2D eigenvalue weighted by atomic mass is 16.3. The van der Waals surface area contributed by atoms with Crippen molar-refractivity contribution in [2.75, 3.05) is 0 Å². The van der Waals surface area contributed by atoms with E-state index in [1.54, 1.807) is 0 Å². The number of aromatic nitrogens is 2. The van der Waals surface area contributed by atoms with Gasteiger partial charge < -0.3 is 4.42 Å². The first-order valence-electron chi connectivity index (χ1n) is 18.7. The lowest BCUT2D eigenvalue weighted by atomic mass is 9.93. The van der Waals surface area contributed by atoms with Gasteiger partial charge in [0, 0.05) is 38.2 Å². The molecular formula is C52H30N2O. The molecule has 2 heterocycles. The summed E-state index contributed by atoms with van der Waals surface area (Å²) < 4.78 is 6.79. The topological polar surface area (TPSA) is 38.9 Å². The lowest BCUT2D eigenvalue weighted by Crippen LogP contribution is -1.97. The van der Waals surface area contributed by atoms with Crippen LogP contribution in [0.3, 0.4) is 0 Å². The molecule has 9 aromatic carbocycles. The molecule has 1 aliphatic carbocycles. The van der Waals surface area contributed by atoms with E-state index in [0.29, 0.717) is 5.82 Å². The number of furan rings is 1. The van der Waals surface area contributed by atoms with Crippen molar-refractivity contribution < 1.29 is 4.42 Å². The Bertz CT molecular complexity index is 3380. The summed E-state index contributed by atoms with van der Waals surface area (Å²) in [6.45, 7) is 0. The van der Waals surface area contributed by atoms with Gasteiger partial charge in [-0.3, -0.25) is 0 Å². The maximum absolute atomic E-state index is 6.79. The van der Waals surface area contributed by atoms with E-state index >= 15 is 0 Å². The molecule has 0 radical (unpaired) electrons. The van der Waals surface area contributed by atoms with Crippen molar-refractivity contribution in [1.82, 2.24) is 9.97 Å². The fraction of sp³-hybridized carbons (Fsp3) is 0. The molecule has 0 unspecified atom stereocenters. The molecule has 3 nitrogen and oxygen atoms in total. The van der Waals surface area contributed by atoms with Gasteiger partial charge in [-0.2, -0.15) is 0 Å². The molecule has 254 valence electrons. The molecule has 0 spiro atoms. The molecule has 0 N–H and O–H groups in total. The highest BCUT2D eigenvalue weighted by molar-refractivity contribution is 6.26. The van der Waals surface area contributed by atoms with Crippen LogP contribution in [0.25, 0.3) is 122 Å². The third kappa shape index (κ3) is 4.57. The number of nitrogens with zero attached hydrogens (tertiary/aromatic N) is 2. The molecule has 0 saturated heterocycles. The standard InChI is InChI=1S/C52H30N2O/c1-2-12-32(13-3-1)47-30-48(35-22-21-31-11-4-5-14-33(31)27-35)54-52(53-47)43-26-25-36(37-15-6-8-17-39(37)43)34-23-24-41-46-29-45-40-18-9-7-16-38(40)42-19-10-20-44(50(42)45)51(46)55-49(41)28-34/h1-30H. The Labute approximate surface area is 316 Å². The smallest absolute Gasteiger partial charge is 0.161 e. The summed E-state index contributed by atoms with van der Waals surface area (Å²) in [5, 5.41) is 9.34. The van der Waals surface area contributed by atoms with Gasteiger partial charge in [0.15, 0.2) is 5.82 Å². The second kappa shape index (κ2) is 11.6. The van der Waals surface area contributed by atoms with E-state index in [4.69, 9.17) is 14.4 Å². The summed E-state index contributed by atoms with van der Waals surface area (Å²) in [6, 6.07) is 64.8. The Kier molecular flexibility index (Phi) is 6.34. The van der Waals surface area contributed by atoms with Crippen LogP contribution < -0.4 is 0 Å². The van der Waals surface area contributed by atoms with Crippen LogP contribution in [0.5, 0.6) is 0 Å². The highest BCUT2D eigenvalue weighted by Gasteiger charge is 2.24. The molecule has 3 heteroatoms. The van der Waals surface area contributed by atoms with E-state index in [1.165, 1.54) is 38.4 Å². The van der Waals surface area contributed by atoms with Gasteiger partial charge in [-0.1, -0.05) is 146 Å². The summed E-state index contributed by atoms with van der Waals surface area (Å²) >= 11 is 0. The average Bonchev–Trinajstić information content (AvgIpc) is 3.79. The Balaban J connectivity index is 1.02. The number of rotatable bonds is 4. The van der Waals surface area contributed by atoms with Crippen LogP contribution in [-0.2, 0) is 0 Å². The fourth-order valence-electron chi connectivity index (χ4n) is 8.83. The van der Waals surface area contributed by atoms with Crippen molar-refractivity contribution in [2.45, 2.75) is 0 Å².